The normalized spacial score (nSPS) is 11.0. The molecule has 108 valence electrons. The Balaban J connectivity index is 1.73. The van der Waals surface area contributed by atoms with Crippen LogP contribution in [0.5, 0.6) is 0 Å². The van der Waals surface area contributed by atoms with Gasteiger partial charge in [0.25, 0.3) is 0 Å². The van der Waals surface area contributed by atoms with Crippen LogP contribution in [0.2, 0.25) is 5.02 Å². The van der Waals surface area contributed by atoms with Gasteiger partial charge in [-0.1, -0.05) is 11.6 Å². The molecule has 6 nitrogen and oxygen atoms in total. The molecule has 0 spiro atoms. The summed E-state index contributed by atoms with van der Waals surface area (Å²) in [5.74, 6) is 0.919. The maximum absolute atomic E-state index is 8.88. The van der Waals surface area contributed by atoms with Gasteiger partial charge in [-0.2, -0.15) is 5.10 Å². The van der Waals surface area contributed by atoms with Crippen LogP contribution in [-0.4, -0.2) is 31.7 Å². The summed E-state index contributed by atoms with van der Waals surface area (Å²) in [6, 6.07) is 7.20. The zero-order valence-electron chi connectivity index (χ0n) is 11.1. The molecule has 0 bridgehead atoms. The van der Waals surface area contributed by atoms with Gasteiger partial charge in [0.15, 0.2) is 0 Å². The molecule has 7 heteroatoms. The topological polar surface area (TPSA) is 77.0 Å². The molecule has 0 amide bonds. The summed E-state index contributed by atoms with van der Waals surface area (Å²) in [6.45, 7) is 0.499. The number of hydrogen-bond acceptors (Lipinski definition) is 5. The summed E-state index contributed by atoms with van der Waals surface area (Å²) in [5.41, 5.74) is 1.79. The summed E-state index contributed by atoms with van der Waals surface area (Å²) in [7, 11) is 0. The Morgan fingerprint density at radius 1 is 1.19 bits per heavy atom. The largest absolute Gasteiger partial charge is 0.419 e. The second kappa shape index (κ2) is 6.07. The Morgan fingerprint density at radius 3 is 2.76 bits per heavy atom. The molecular formula is C14H13ClN4O2. The second-order valence-electron chi connectivity index (χ2n) is 4.53. The summed E-state index contributed by atoms with van der Waals surface area (Å²) in [6.07, 6.45) is 4.15. The van der Waals surface area contributed by atoms with E-state index in [0.29, 0.717) is 29.8 Å². The first-order valence-corrected chi connectivity index (χ1v) is 6.83. The maximum Gasteiger partial charge on any atom is 0.247 e. The highest BCUT2D eigenvalue weighted by molar-refractivity contribution is 6.30. The number of benzene rings is 1. The zero-order valence-corrected chi connectivity index (χ0v) is 11.9. The van der Waals surface area contributed by atoms with Gasteiger partial charge in [0.2, 0.25) is 11.8 Å². The van der Waals surface area contributed by atoms with Crippen LogP contribution in [0, 0.1) is 0 Å². The first-order valence-electron chi connectivity index (χ1n) is 6.45. The molecular weight excluding hydrogens is 292 g/mol. The van der Waals surface area contributed by atoms with Gasteiger partial charge < -0.3 is 9.52 Å². The van der Waals surface area contributed by atoms with Crippen molar-refractivity contribution in [3.63, 3.8) is 0 Å². The summed E-state index contributed by atoms with van der Waals surface area (Å²) in [4.78, 5) is 0. The molecule has 2 aromatic heterocycles. The molecule has 0 saturated heterocycles. The molecule has 0 fully saturated rings. The standard InChI is InChI=1S/C14H13ClN4O2/c15-12-3-1-11(2-4-12)14-18-17-13(21-14)9-19-8-10(5-6-20)7-16-19/h1-4,7-8,20H,5-6,9H2. The Bertz CT molecular complexity index is 721. The van der Waals surface area contributed by atoms with Crippen molar-refractivity contribution in [2.75, 3.05) is 6.61 Å². The number of aliphatic hydroxyl groups is 1. The molecule has 0 aliphatic heterocycles. The van der Waals surface area contributed by atoms with Crippen molar-refractivity contribution in [2.45, 2.75) is 13.0 Å². The van der Waals surface area contributed by atoms with E-state index in [1.54, 1.807) is 23.0 Å². The van der Waals surface area contributed by atoms with Gasteiger partial charge in [0.1, 0.15) is 6.54 Å². The van der Waals surface area contributed by atoms with E-state index in [0.717, 1.165) is 11.1 Å². The second-order valence-corrected chi connectivity index (χ2v) is 4.96. The Labute approximate surface area is 126 Å². The van der Waals surface area contributed by atoms with Gasteiger partial charge in [0.05, 0.1) is 6.20 Å². The molecule has 3 rings (SSSR count). The highest BCUT2D eigenvalue weighted by Gasteiger charge is 2.09. The monoisotopic (exact) mass is 304 g/mol. The molecule has 1 N–H and O–H groups in total. The number of aliphatic hydroxyl groups excluding tert-OH is 1. The highest BCUT2D eigenvalue weighted by Crippen LogP contribution is 2.20. The molecule has 21 heavy (non-hydrogen) atoms. The van der Waals surface area contributed by atoms with E-state index in [2.05, 4.69) is 15.3 Å². The van der Waals surface area contributed by atoms with Crippen molar-refractivity contribution < 1.29 is 9.52 Å². The lowest BCUT2D eigenvalue weighted by atomic mass is 10.2. The Hall–Kier alpha value is -2.18. The molecule has 0 aliphatic carbocycles. The minimum atomic E-state index is 0.104. The third-order valence-electron chi connectivity index (χ3n) is 2.94. The van der Waals surface area contributed by atoms with E-state index in [4.69, 9.17) is 21.1 Å². The van der Waals surface area contributed by atoms with Gasteiger partial charge in [-0.15, -0.1) is 10.2 Å². The van der Waals surface area contributed by atoms with E-state index in [1.807, 2.05) is 18.3 Å². The fourth-order valence-corrected chi connectivity index (χ4v) is 2.04. The van der Waals surface area contributed by atoms with E-state index in [9.17, 15) is 0 Å². The molecule has 1 aromatic carbocycles. The average Bonchev–Trinajstić information content (AvgIpc) is 3.11. The molecule has 0 unspecified atom stereocenters. The van der Waals surface area contributed by atoms with E-state index in [1.165, 1.54) is 0 Å². The molecule has 0 saturated carbocycles. The minimum absolute atomic E-state index is 0.104. The Morgan fingerprint density at radius 2 is 2.00 bits per heavy atom. The first kappa shape index (κ1) is 13.8. The molecule has 0 radical (unpaired) electrons. The number of hydrogen-bond donors (Lipinski definition) is 1. The van der Waals surface area contributed by atoms with Crippen molar-refractivity contribution >= 4 is 11.6 Å². The SMILES string of the molecule is OCCc1cnn(Cc2nnc(-c3ccc(Cl)cc3)o2)c1. The predicted octanol–water partition coefficient (Wildman–Crippen LogP) is 2.17. The number of halogens is 1. The zero-order chi connectivity index (χ0) is 14.7. The van der Waals surface area contributed by atoms with Crippen molar-refractivity contribution in [3.8, 4) is 11.5 Å². The summed E-state index contributed by atoms with van der Waals surface area (Å²) >= 11 is 5.84. The quantitative estimate of drug-likeness (QED) is 0.781. The maximum atomic E-state index is 8.88. The summed E-state index contributed by atoms with van der Waals surface area (Å²) < 4.78 is 7.31. The van der Waals surface area contributed by atoms with Gasteiger partial charge in [-0.25, -0.2) is 0 Å². The van der Waals surface area contributed by atoms with Crippen molar-refractivity contribution in [2.24, 2.45) is 0 Å². The molecule has 3 aromatic rings. The fourth-order valence-electron chi connectivity index (χ4n) is 1.92. The lowest BCUT2D eigenvalue weighted by Crippen LogP contribution is -2.00. The fraction of sp³-hybridized carbons (Fsp3) is 0.214. The lowest BCUT2D eigenvalue weighted by molar-refractivity contribution is 0.299. The van der Waals surface area contributed by atoms with E-state index >= 15 is 0 Å². The number of nitrogens with zero attached hydrogens (tertiary/aromatic N) is 4. The Kier molecular flexibility index (Phi) is 3.98. The predicted molar refractivity (Wildman–Crippen MR) is 76.9 cm³/mol. The van der Waals surface area contributed by atoms with Crippen LogP contribution >= 0.6 is 11.6 Å². The van der Waals surface area contributed by atoms with Crippen LogP contribution in [0.3, 0.4) is 0 Å². The van der Waals surface area contributed by atoms with Crippen LogP contribution in [0.1, 0.15) is 11.5 Å². The van der Waals surface area contributed by atoms with Crippen LogP contribution in [0.4, 0.5) is 0 Å². The van der Waals surface area contributed by atoms with E-state index in [-0.39, 0.29) is 6.61 Å². The molecule has 0 aliphatic rings. The number of rotatable bonds is 5. The van der Waals surface area contributed by atoms with Crippen molar-refractivity contribution in [1.29, 1.82) is 0 Å². The molecule has 2 heterocycles. The van der Waals surface area contributed by atoms with E-state index < -0.39 is 0 Å². The third kappa shape index (κ3) is 3.29. The third-order valence-corrected chi connectivity index (χ3v) is 3.19. The van der Waals surface area contributed by atoms with Crippen molar-refractivity contribution in [1.82, 2.24) is 20.0 Å². The summed E-state index contributed by atoms with van der Waals surface area (Å²) in [5, 5.41) is 21.7. The van der Waals surface area contributed by atoms with Crippen LogP contribution in [0.25, 0.3) is 11.5 Å². The van der Waals surface area contributed by atoms with Gasteiger partial charge >= 0.3 is 0 Å². The lowest BCUT2D eigenvalue weighted by Gasteiger charge is -1.96. The highest BCUT2D eigenvalue weighted by atomic mass is 35.5. The average molecular weight is 305 g/mol. The van der Waals surface area contributed by atoms with Crippen LogP contribution in [0.15, 0.2) is 41.1 Å². The van der Waals surface area contributed by atoms with Crippen LogP contribution in [-0.2, 0) is 13.0 Å². The number of aromatic nitrogens is 4. The van der Waals surface area contributed by atoms with Gasteiger partial charge in [-0.05, 0) is 36.2 Å². The smallest absolute Gasteiger partial charge is 0.247 e. The van der Waals surface area contributed by atoms with Crippen molar-refractivity contribution in [3.05, 3.63) is 53.1 Å². The first-order chi connectivity index (χ1) is 10.2. The van der Waals surface area contributed by atoms with Gasteiger partial charge in [0, 0.05) is 23.4 Å². The minimum Gasteiger partial charge on any atom is -0.419 e. The van der Waals surface area contributed by atoms with Gasteiger partial charge in [-0.3, -0.25) is 4.68 Å². The molecule has 0 atom stereocenters. The van der Waals surface area contributed by atoms with Crippen LogP contribution < -0.4 is 0 Å².